The van der Waals surface area contributed by atoms with E-state index >= 15 is 0 Å². The highest BCUT2D eigenvalue weighted by Crippen LogP contribution is 2.16. The highest BCUT2D eigenvalue weighted by molar-refractivity contribution is 4.88. The topological polar surface area (TPSA) is 23.5 Å². The Bertz CT molecular complexity index is 73.0. The minimum absolute atomic E-state index is 0.380. The van der Waals surface area contributed by atoms with Crippen molar-refractivity contribution in [2.45, 2.75) is 26.4 Å². The van der Waals surface area contributed by atoms with Crippen LogP contribution in [0.15, 0.2) is 0 Å². The lowest BCUT2D eigenvalue weighted by molar-refractivity contribution is -0.0705. The first-order chi connectivity index (χ1) is 4.10. The van der Waals surface area contributed by atoms with Gasteiger partial charge in [-0.05, 0) is 14.0 Å². The largest absolute Gasteiger partial charge is 0.388 e. The number of likely N-dealkylation sites (N-methyl/N-ethyl adjacent to an activating group) is 1. The van der Waals surface area contributed by atoms with Gasteiger partial charge in [-0.3, -0.25) is 0 Å². The van der Waals surface area contributed by atoms with Gasteiger partial charge in [-0.25, -0.2) is 0 Å². The lowest BCUT2D eigenvalue weighted by Gasteiger charge is -2.41. The Morgan fingerprint density at radius 3 is 1.67 bits per heavy atom. The summed E-state index contributed by atoms with van der Waals surface area (Å²) in [4.78, 5) is 2.08. The van der Waals surface area contributed by atoms with E-state index in [1.165, 1.54) is 0 Å². The molecule has 1 saturated heterocycles. The number of hydrogen-bond donors (Lipinski definition) is 1. The van der Waals surface area contributed by atoms with Gasteiger partial charge < -0.3 is 10.0 Å². The quantitative estimate of drug-likeness (QED) is 0.523. The molecule has 0 aromatic rings. The van der Waals surface area contributed by atoms with Gasteiger partial charge in [0.05, 0.1) is 5.60 Å². The van der Waals surface area contributed by atoms with E-state index in [0.717, 1.165) is 13.1 Å². The van der Waals surface area contributed by atoms with Crippen LogP contribution in [-0.2, 0) is 0 Å². The summed E-state index contributed by atoms with van der Waals surface area (Å²) in [6.45, 7) is 7.51. The minimum atomic E-state index is -0.380. The van der Waals surface area contributed by atoms with E-state index in [1.807, 2.05) is 27.8 Å². The van der Waals surface area contributed by atoms with Gasteiger partial charge in [-0.2, -0.15) is 0 Å². The molecule has 0 radical (unpaired) electrons. The van der Waals surface area contributed by atoms with E-state index in [1.54, 1.807) is 0 Å². The summed E-state index contributed by atoms with van der Waals surface area (Å²) in [6.07, 6.45) is 0. The van der Waals surface area contributed by atoms with Crippen molar-refractivity contribution in [1.29, 1.82) is 0 Å². The number of rotatable bonds is 0. The minimum Gasteiger partial charge on any atom is -0.388 e. The fraction of sp³-hybridized carbons (Fsp3) is 1.00. The molecule has 0 unspecified atom stereocenters. The van der Waals surface area contributed by atoms with Crippen molar-refractivity contribution in [2.24, 2.45) is 0 Å². The number of nitrogens with zero attached hydrogens (tertiary/aromatic N) is 1. The third kappa shape index (κ3) is 2.82. The van der Waals surface area contributed by atoms with Crippen molar-refractivity contribution in [3.63, 3.8) is 0 Å². The van der Waals surface area contributed by atoms with Crippen molar-refractivity contribution >= 4 is 0 Å². The van der Waals surface area contributed by atoms with E-state index in [9.17, 15) is 0 Å². The molecule has 56 valence electrons. The molecule has 0 aromatic heterocycles. The second-order valence-electron chi connectivity index (χ2n) is 2.67. The molecule has 1 fully saturated rings. The Labute approximate surface area is 57.5 Å². The molecular weight excluding hydrogens is 114 g/mol. The van der Waals surface area contributed by atoms with Crippen molar-refractivity contribution < 1.29 is 5.11 Å². The lowest BCUT2D eigenvalue weighted by Crippen LogP contribution is -2.57. The van der Waals surface area contributed by atoms with Gasteiger partial charge >= 0.3 is 0 Å². The Balaban J connectivity index is 0.000000291. The van der Waals surface area contributed by atoms with Gasteiger partial charge in [-0.1, -0.05) is 13.8 Å². The molecule has 0 aromatic carbocycles. The van der Waals surface area contributed by atoms with Crippen LogP contribution in [0.25, 0.3) is 0 Å². The third-order valence-corrected chi connectivity index (χ3v) is 1.22. The Hall–Kier alpha value is -0.0800. The maximum Gasteiger partial charge on any atom is 0.0872 e. The second kappa shape index (κ2) is 3.18. The van der Waals surface area contributed by atoms with Crippen LogP contribution in [0.4, 0.5) is 0 Å². The van der Waals surface area contributed by atoms with Gasteiger partial charge in [-0.15, -0.1) is 0 Å². The van der Waals surface area contributed by atoms with Gasteiger partial charge in [0, 0.05) is 13.1 Å². The molecular formula is C7H17NO. The number of likely N-dealkylation sites (tertiary alicyclic amines) is 1. The molecule has 2 heteroatoms. The maximum atomic E-state index is 9.04. The van der Waals surface area contributed by atoms with Crippen LogP contribution in [-0.4, -0.2) is 35.7 Å². The number of aliphatic hydroxyl groups is 1. The first-order valence-electron chi connectivity index (χ1n) is 3.51. The molecule has 0 saturated carbocycles. The molecule has 9 heavy (non-hydrogen) atoms. The average molecular weight is 131 g/mol. The van der Waals surface area contributed by atoms with Crippen LogP contribution in [0, 0.1) is 0 Å². The molecule has 1 aliphatic heterocycles. The molecule has 0 amide bonds. The smallest absolute Gasteiger partial charge is 0.0872 e. The normalized spacial score (nSPS) is 23.7. The van der Waals surface area contributed by atoms with Crippen molar-refractivity contribution in [2.75, 3.05) is 20.1 Å². The van der Waals surface area contributed by atoms with Crippen LogP contribution in [0.2, 0.25) is 0 Å². The summed E-state index contributed by atoms with van der Waals surface area (Å²) < 4.78 is 0. The van der Waals surface area contributed by atoms with E-state index in [2.05, 4.69) is 4.90 Å². The summed E-state index contributed by atoms with van der Waals surface area (Å²) in [5, 5.41) is 9.04. The highest BCUT2D eigenvalue weighted by Gasteiger charge is 2.33. The molecule has 0 atom stereocenters. The molecule has 1 rings (SSSR count). The van der Waals surface area contributed by atoms with E-state index in [0.29, 0.717) is 0 Å². The lowest BCUT2D eigenvalue weighted by atomic mass is 9.98. The van der Waals surface area contributed by atoms with E-state index < -0.39 is 0 Å². The van der Waals surface area contributed by atoms with E-state index in [-0.39, 0.29) is 5.60 Å². The standard InChI is InChI=1S/C5H11NO.C2H6/c1-5(7)3-6(2)4-5;1-2/h7H,3-4H2,1-2H3;1-2H3. The molecule has 1 aliphatic rings. The zero-order valence-electron chi connectivity index (χ0n) is 6.81. The Morgan fingerprint density at radius 1 is 1.33 bits per heavy atom. The van der Waals surface area contributed by atoms with Crippen LogP contribution < -0.4 is 0 Å². The van der Waals surface area contributed by atoms with Gasteiger partial charge in [0.1, 0.15) is 0 Å². The SMILES string of the molecule is CC.CN1CC(C)(O)C1. The highest BCUT2D eigenvalue weighted by atomic mass is 16.3. The van der Waals surface area contributed by atoms with Crippen LogP contribution >= 0.6 is 0 Å². The van der Waals surface area contributed by atoms with Gasteiger partial charge in [0.25, 0.3) is 0 Å². The van der Waals surface area contributed by atoms with Crippen LogP contribution in [0.1, 0.15) is 20.8 Å². The van der Waals surface area contributed by atoms with Gasteiger partial charge in [0.15, 0.2) is 0 Å². The first-order valence-corrected chi connectivity index (χ1v) is 3.51. The first kappa shape index (κ1) is 8.92. The summed E-state index contributed by atoms with van der Waals surface area (Å²) in [5.41, 5.74) is -0.380. The molecule has 0 aliphatic carbocycles. The fourth-order valence-electron chi connectivity index (χ4n) is 1.12. The number of hydrogen-bond acceptors (Lipinski definition) is 2. The Morgan fingerprint density at radius 2 is 1.67 bits per heavy atom. The van der Waals surface area contributed by atoms with Gasteiger partial charge in [0.2, 0.25) is 0 Å². The second-order valence-corrected chi connectivity index (χ2v) is 2.67. The molecule has 1 heterocycles. The Kier molecular flexibility index (Phi) is 3.15. The molecule has 0 bridgehead atoms. The maximum absolute atomic E-state index is 9.04. The average Bonchev–Trinajstić information content (AvgIpc) is 1.67. The van der Waals surface area contributed by atoms with Crippen molar-refractivity contribution in [3.05, 3.63) is 0 Å². The fourth-order valence-corrected chi connectivity index (χ4v) is 1.12. The number of β-amino-alcohol motifs (C(OH)–C–C–N with tert-alkyl or cyclic N) is 1. The zero-order valence-corrected chi connectivity index (χ0v) is 6.81. The van der Waals surface area contributed by atoms with Crippen LogP contribution in [0.3, 0.4) is 0 Å². The summed E-state index contributed by atoms with van der Waals surface area (Å²) in [6, 6.07) is 0. The third-order valence-electron chi connectivity index (χ3n) is 1.22. The van der Waals surface area contributed by atoms with Crippen molar-refractivity contribution in [1.82, 2.24) is 4.90 Å². The molecule has 0 spiro atoms. The zero-order chi connectivity index (χ0) is 7.49. The predicted molar refractivity (Wildman–Crippen MR) is 39.5 cm³/mol. The molecule has 1 N–H and O–H groups in total. The van der Waals surface area contributed by atoms with E-state index in [4.69, 9.17) is 5.11 Å². The summed E-state index contributed by atoms with van der Waals surface area (Å²) in [5.74, 6) is 0. The summed E-state index contributed by atoms with van der Waals surface area (Å²) >= 11 is 0. The van der Waals surface area contributed by atoms with Crippen LogP contribution in [0.5, 0.6) is 0 Å². The summed E-state index contributed by atoms with van der Waals surface area (Å²) in [7, 11) is 2.00. The van der Waals surface area contributed by atoms with Crippen molar-refractivity contribution in [3.8, 4) is 0 Å². The molecule has 2 nitrogen and oxygen atoms in total. The predicted octanol–water partition coefficient (Wildman–Crippen LogP) is 0.709. The monoisotopic (exact) mass is 131 g/mol.